The van der Waals surface area contributed by atoms with Gasteiger partial charge in [-0.25, -0.2) is 0 Å². The lowest BCUT2D eigenvalue weighted by Gasteiger charge is -2.61. The molecule has 1 spiro atoms. The van der Waals surface area contributed by atoms with E-state index in [0.717, 1.165) is 23.7 Å². The van der Waals surface area contributed by atoms with Crippen LogP contribution in [-0.4, -0.2) is 18.8 Å². The van der Waals surface area contributed by atoms with Crippen LogP contribution in [0.5, 0.6) is 0 Å². The molecule has 4 aliphatic carbocycles. The number of hydrogen-bond acceptors (Lipinski definition) is 2. The second-order valence-corrected chi connectivity index (χ2v) is 10.8. The number of rotatable bonds is 0. The molecule has 140 valence electrons. The first kappa shape index (κ1) is 17.1. The standard InChI is InChI=1S/C22H37BO2/c1-15-22(25-23(4)24-15)14-11-19-17-9-8-16-7-5-6-12-20(16,2)18(17)10-13-21(19,22)3/h15-19H,5-14H2,1-4H3/t15-,16-,17?,18?,19?,20+,21+,22+/m1/s1. The summed E-state index contributed by atoms with van der Waals surface area (Å²) in [7, 11) is -0.0186. The SMILES string of the molecule is CB1O[C@H](C)[C@]2(CCC3C4CC[C@H]5CCCC[C@]5(C)C4CC[C@@]32C)O1. The molecule has 5 rings (SSSR count). The van der Waals surface area contributed by atoms with Gasteiger partial charge in [0.25, 0.3) is 0 Å². The fourth-order valence-electron chi connectivity index (χ4n) is 9.01. The molecule has 25 heavy (non-hydrogen) atoms. The van der Waals surface area contributed by atoms with Gasteiger partial charge in [-0.3, -0.25) is 0 Å². The van der Waals surface area contributed by atoms with Crippen LogP contribution in [0.2, 0.25) is 6.82 Å². The van der Waals surface area contributed by atoms with Crippen LogP contribution in [0.15, 0.2) is 0 Å². The maximum absolute atomic E-state index is 6.58. The molecule has 3 unspecified atom stereocenters. The molecule has 2 nitrogen and oxygen atoms in total. The van der Waals surface area contributed by atoms with Gasteiger partial charge in [0, 0.05) is 5.41 Å². The van der Waals surface area contributed by atoms with Crippen molar-refractivity contribution in [1.82, 2.24) is 0 Å². The van der Waals surface area contributed by atoms with E-state index in [0.29, 0.717) is 10.8 Å². The van der Waals surface area contributed by atoms with Gasteiger partial charge in [-0.15, -0.1) is 0 Å². The largest absolute Gasteiger partial charge is 0.454 e. The average molecular weight is 344 g/mol. The normalized spacial score (nSPS) is 58.1. The first-order valence-electron chi connectivity index (χ1n) is 11.2. The molecule has 1 heterocycles. The molecular formula is C22H37BO2. The van der Waals surface area contributed by atoms with Crippen molar-refractivity contribution < 1.29 is 9.31 Å². The lowest BCUT2D eigenvalue weighted by molar-refractivity contribution is -0.148. The summed E-state index contributed by atoms with van der Waals surface area (Å²) in [5.41, 5.74) is 0.965. The van der Waals surface area contributed by atoms with Crippen molar-refractivity contribution in [3.05, 3.63) is 0 Å². The third-order valence-corrected chi connectivity index (χ3v) is 10.2. The zero-order chi connectivity index (χ0) is 17.4. The molecule has 5 aliphatic rings. The van der Waals surface area contributed by atoms with Crippen molar-refractivity contribution in [3.63, 3.8) is 0 Å². The van der Waals surface area contributed by atoms with E-state index in [2.05, 4.69) is 27.6 Å². The van der Waals surface area contributed by atoms with Gasteiger partial charge in [0.05, 0.1) is 11.7 Å². The van der Waals surface area contributed by atoms with E-state index in [1.165, 1.54) is 64.2 Å². The summed E-state index contributed by atoms with van der Waals surface area (Å²) in [4.78, 5) is 0. The van der Waals surface area contributed by atoms with Gasteiger partial charge in [-0.1, -0.05) is 26.7 Å². The third-order valence-electron chi connectivity index (χ3n) is 10.2. The van der Waals surface area contributed by atoms with Crippen molar-refractivity contribution >= 4 is 7.12 Å². The second-order valence-electron chi connectivity index (χ2n) is 10.8. The Morgan fingerprint density at radius 3 is 2.44 bits per heavy atom. The number of hydrogen-bond donors (Lipinski definition) is 0. The van der Waals surface area contributed by atoms with Crippen LogP contribution in [-0.2, 0) is 9.31 Å². The average Bonchev–Trinajstić information content (AvgIpc) is 3.04. The highest BCUT2D eigenvalue weighted by Crippen LogP contribution is 2.70. The molecule has 4 saturated carbocycles. The molecule has 0 amide bonds. The monoisotopic (exact) mass is 344 g/mol. The highest BCUT2D eigenvalue weighted by molar-refractivity contribution is 6.43. The Hall–Kier alpha value is -0.0151. The van der Waals surface area contributed by atoms with Gasteiger partial charge in [-0.2, -0.15) is 0 Å². The quantitative estimate of drug-likeness (QED) is 0.524. The van der Waals surface area contributed by atoms with Gasteiger partial charge in [-0.05, 0) is 94.2 Å². The minimum atomic E-state index is -0.0186. The van der Waals surface area contributed by atoms with E-state index in [1.807, 2.05) is 0 Å². The molecular weight excluding hydrogens is 307 g/mol. The zero-order valence-electron chi connectivity index (χ0n) is 16.9. The van der Waals surface area contributed by atoms with Gasteiger partial charge < -0.3 is 9.31 Å². The molecule has 0 N–H and O–H groups in total. The Labute approximate surface area is 154 Å². The summed E-state index contributed by atoms with van der Waals surface area (Å²) in [5.74, 6) is 3.81. The Morgan fingerprint density at radius 2 is 1.68 bits per heavy atom. The van der Waals surface area contributed by atoms with Crippen LogP contribution in [0, 0.1) is 34.5 Å². The molecule has 1 saturated heterocycles. The van der Waals surface area contributed by atoms with E-state index < -0.39 is 0 Å². The highest BCUT2D eigenvalue weighted by atomic mass is 16.7. The first-order valence-corrected chi connectivity index (χ1v) is 11.2. The molecule has 3 heteroatoms. The summed E-state index contributed by atoms with van der Waals surface area (Å²) in [6, 6.07) is 0. The van der Waals surface area contributed by atoms with Crippen LogP contribution in [0.4, 0.5) is 0 Å². The lowest BCUT2D eigenvalue weighted by Crippen LogP contribution is -2.58. The Kier molecular flexibility index (Phi) is 3.77. The third kappa shape index (κ3) is 2.06. The lowest BCUT2D eigenvalue weighted by atomic mass is 9.44. The summed E-state index contributed by atoms with van der Waals surface area (Å²) in [6.07, 6.45) is 14.6. The zero-order valence-corrected chi connectivity index (χ0v) is 16.9. The van der Waals surface area contributed by atoms with Gasteiger partial charge in [0.1, 0.15) is 0 Å². The van der Waals surface area contributed by atoms with Crippen molar-refractivity contribution in [2.75, 3.05) is 0 Å². The van der Waals surface area contributed by atoms with E-state index in [1.54, 1.807) is 0 Å². The molecule has 0 aromatic carbocycles. The van der Waals surface area contributed by atoms with Crippen LogP contribution >= 0.6 is 0 Å². The van der Waals surface area contributed by atoms with Crippen LogP contribution in [0.1, 0.15) is 85.0 Å². The summed E-state index contributed by atoms with van der Waals surface area (Å²) < 4.78 is 12.7. The second kappa shape index (κ2) is 5.50. The molecule has 0 radical (unpaired) electrons. The van der Waals surface area contributed by atoms with Crippen molar-refractivity contribution in [2.24, 2.45) is 34.5 Å². The van der Waals surface area contributed by atoms with Crippen LogP contribution < -0.4 is 0 Å². The molecule has 1 aliphatic heterocycles. The number of fused-ring (bicyclic) bond motifs is 6. The first-order chi connectivity index (χ1) is 11.9. The van der Waals surface area contributed by atoms with Crippen molar-refractivity contribution in [2.45, 2.75) is 104 Å². The molecule has 8 atom stereocenters. The molecule has 0 aromatic rings. The topological polar surface area (TPSA) is 18.5 Å². The fourth-order valence-corrected chi connectivity index (χ4v) is 9.01. The minimum absolute atomic E-state index is 0.00757. The van der Waals surface area contributed by atoms with Gasteiger partial charge in [0.15, 0.2) is 0 Å². The summed E-state index contributed by atoms with van der Waals surface area (Å²) >= 11 is 0. The summed E-state index contributed by atoms with van der Waals surface area (Å²) in [5, 5.41) is 0. The van der Waals surface area contributed by atoms with Crippen LogP contribution in [0.25, 0.3) is 0 Å². The van der Waals surface area contributed by atoms with Crippen molar-refractivity contribution in [3.8, 4) is 0 Å². The smallest absolute Gasteiger partial charge is 0.406 e. The van der Waals surface area contributed by atoms with E-state index in [9.17, 15) is 0 Å². The maximum Gasteiger partial charge on any atom is 0.454 e. The Bertz CT molecular complexity index is 552. The van der Waals surface area contributed by atoms with Gasteiger partial charge >= 0.3 is 7.12 Å². The Balaban J connectivity index is 1.47. The maximum atomic E-state index is 6.58. The Morgan fingerprint density at radius 1 is 0.880 bits per heavy atom. The van der Waals surface area contributed by atoms with E-state index in [-0.39, 0.29) is 18.8 Å². The molecule has 0 aromatic heterocycles. The predicted molar refractivity (Wildman–Crippen MR) is 102 cm³/mol. The minimum Gasteiger partial charge on any atom is -0.406 e. The van der Waals surface area contributed by atoms with E-state index >= 15 is 0 Å². The highest BCUT2D eigenvalue weighted by Gasteiger charge is 2.68. The molecule has 0 bridgehead atoms. The van der Waals surface area contributed by atoms with Crippen LogP contribution in [0.3, 0.4) is 0 Å². The van der Waals surface area contributed by atoms with Crippen molar-refractivity contribution in [1.29, 1.82) is 0 Å². The van der Waals surface area contributed by atoms with E-state index in [4.69, 9.17) is 9.31 Å². The summed E-state index contributed by atoms with van der Waals surface area (Å²) in [6.45, 7) is 9.64. The molecule has 5 fully saturated rings. The van der Waals surface area contributed by atoms with Gasteiger partial charge in [0.2, 0.25) is 0 Å². The predicted octanol–water partition coefficient (Wildman–Crippen LogP) is 5.71. The fraction of sp³-hybridized carbons (Fsp3) is 1.00.